The summed E-state index contributed by atoms with van der Waals surface area (Å²) in [5.74, 6) is 1.03. The number of ether oxygens (including phenoxy) is 1. The molecule has 32 heavy (non-hydrogen) atoms. The smallest absolute Gasteiger partial charge is 0.407 e. The van der Waals surface area contributed by atoms with Gasteiger partial charge in [0.15, 0.2) is 0 Å². The summed E-state index contributed by atoms with van der Waals surface area (Å²) in [5, 5.41) is 9.57. The third kappa shape index (κ3) is 5.44. The summed E-state index contributed by atoms with van der Waals surface area (Å²) in [4.78, 5) is 13.1. The average molecular weight is 525 g/mol. The van der Waals surface area contributed by atoms with Crippen LogP contribution in [0.4, 0.5) is 4.79 Å². The normalized spacial score (nSPS) is 17.9. The Balaban J connectivity index is 1.92. The van der Waals surface area contributed by atoms with Crippen LogP contribution in [0, 0.1) is 19.3 Å². The highest BCUT2D eigenvalue weighted by atomic mass is 79.9. The Morgan fingerprint density at radius 2 is 1.62 bits per heavy atom. The van der Waals surface area contributed by atoms with Crippen LogP contribution in [0.25, 0.3) is 0 Å². The molecule has 1 unspecified atom stereocenters. The maximum Gasteiger partial charge on any atom is 0.407 e. The number of benzene rings is 2. The summed E-state index contributed by atoms with van der Waals surface area (Å²) >= 11 is 3.40. The largest absolute Gasteiger partial charge is 0.465 e. The van der Waals surface area contributed by atoms with Gasteiger partial charge in [-0.15, -0.1) is 0 Å². The van der Waals surface area contributed by atoms with Gasteiger partial charge in [-0.2, -0.15) is 4.31 Å². The van der Waals surface area contributed by atoms with Gasteiger partial charge in [0.05, 0.1) is 10.9 Å². The number of carboxylic acid groups (broad SMARTS) is 1. The first kappa shape index (κ1) is 24.5. The van der Waals surface area contributed by atoms with E-state index < -0.39 is 27.6 Å². The van der Waals surface area contributed by atoms with Crippen LogP contribution in [-0.2, 0) is 10.0 Å². The predicted octanol–water partition coefficient (Wildman–Crippen LogP) is 5.26. The van der Waals surface area contributed by atoms with E-state index in [0.29, 0.717) is 16.0 Å². The molecule has 0 bridgehead atoms. The fourth-order valence-electron chi connectivity index (χ4n) is 3.97. The van der Waals surface area contributed by atoms with E-state index in [-0.39, 0.29) is 24.5 Å². The molecular formula is C23H29BrN2O5S. The molecule has 1 fully saturated rings. The van der Waals surface area contributed by atoms with E-state index in [1.54, 1.807) is 12.1 Å². The lowest BCUT2D eigenvalue weighted by molar-refractivity contribution is 0.0458. The number of hydrogen-bond donors (Lipinski definition) is 1. The Labute approximate surface area is 198 Å². The van der Waals surface area contributed by atoms with Gasteiger partial charge in [-0.25, -0.2) is 13.2 Å². The van der Waals surface area contributed by atoms with Crippen molar-refractivity contribution in [3.05, 3.63) is 52.0 Å². The van der Waals surface area contributed by atoms with Crippen LogP contribution >= 0.6 is 15.9 Å². The molecule has 1 amide bonds. The number of sulfonamides is 1. The van der Waals surface area contributed by atoms with E-state index in [0.717, 1.165) is 11.1 Å². The van der Waals surface area contributed by atoms with Crippen LogP contribution in [0.3, 0.4) is 0 Å². The summed E-state index contributed by atoms with van der Waals surface area (Å²) in [6.07, 6.45) is -1.03. The van der Waals surface area contributed by atoms with Gasteiger partial charge in [0.25, 0.3) is 0 Å². The van der Waals surface area contributed by atoms with Crippen molar-refractivity contribution in [2.24, 2.45) is 5.41 Å². The van der Waals surface area contributed by atoms with Gasteiger partial charge in [-0.05, 0) is 54.7 Å². The van der Waals surface area contributed by atoms with Gasteiger partial charge >= 0.3 is 6.09 Å². The Bertz CT molecular complexity index is 1110. The van der Waals surface area contributed by atoms with Gasteiger partial charge in [0, 0.05) is 30.2 Å². The molecule has 3 rings (SSSR count). The summed E-state index contributed by atoms with van der Waals surface area (Å²) in [6.45, 7) is 10.0. The molecule has 2 aromatic rings. The van der Waals surface area contributed by atoms with Crippen LogP contribution < -0.4 is 4.74 Å². The number of piperazine rings is 1. The molecule has 1 N–H and O–H groups in total. The summed E-state index contributed by atoms with van der Waals surface area (Å²) in [6, 6.07) is 10.1. The molecule has 1 atom stereocenters. The van der Waals surface area contributed by atoms with Crippen molar-refractivity contribution in [2.75, 3.05) is 19.6 Å². The molecular weight excluding hydrogens is 496 g/mol. The van der Waals surface area contributed by atoms with Crippen molar-refractivity contribution < 1.29 is 23.1 Å². The second kappa shape index (κ2) is 9.03. The molecule has 0 saturated carbocycles. The molecule has 1 aliphatic rings. The van der Waals surface area contributed by atoms with E-state index in [1.807, 2.05) is 52.8 Å². The van der Waals surface area contributed by atoms with Crippen molar-refractivity contribution >= 4 is 32.0 Å². The summed E-state index contributed by atoms with van der Waals surface area (Å²) < 4.78 is 34.9. The number of carbonyl (C=O) groups is 1. The van der Waals surface area contributed by atoms with Crippen molar-refractivity contribution in [1.82, 2.24) is 9.21 Å². The van der Waals surface area contributed by atoms with E-state index in [9.17, 15) is 18.3 Å². The van der Waals surface area contributed by atoms with Gasteiger partial charge in [0.1, 0.15) is 11.5 Å². The summed E-state index contributed by atoms with van der Waals surface area (Å²) in [5.41, 5.74) is 1.68. The fraction of sp³-hybridized carbons (Fsp3) is 0.435. The molecule has 1 aliphatic heterocycles. The number of hydrogen-bond acceptors (Lipinski definition) is 4. The monoisotopic (exact) mass is 524 g/mol. The fourth-order valence-corrected chi connectivity index (χ4v) is 6.09. The molecule has 2 aromatic carbocycles. The van der Waals surface area contributed by atoms with E-state index >= 15 is 0 Å². The molecule has 0 spiro atoms. The zero-order valence-electron chi connectivity index (χ0n) is 18.9. The number of halogens is 1. The summed E-state index contributed by atoms with van der Waals surface area (Å²) in [7, 11) is -3.85. The lowest BCUT2D eigenvalue weighted by Gasteiger charge is -2.45. The average Bonchev–Trinajstić information content (AvgIpc) is 2.65. The molecule has 1 heterocycles. The van der Waals surface area contributed by atoms with Crippen LogP contribution in [-0.4, -0.2) is 54.5 Å². The third-order valence-corrected chi connectivity index (χ3v) is 7.80. The van der Waals surface area contributed by atoms with Crippen molar-refractivity contribution in [3.63, 3.8) is 0 Å². The second-order valence-corrected chi connectivity index (χ2v) is 12.1. The van der Waals surface area contributed by atoms with Crippen molar-refractivity contribution in [2.45, 2.75) is 45.6 Å². The van der Waals surface area contributed by atoms with Gasteiger partial charge in [0.2, 0.25) is 10.0 Å². The maximum absolute atomic E-state index is 13.5. The zero-order valence-corrected chi connectivity index (χ0v) is 21.3. The van der Waals surface area contributed by atoms with Gasteiger partial charge in [-0.1, -0.05) is 42.8 Å². The second-order valence-electron chi connectivity index (χ2n) is 9.27. The van der Waals surface area contributed by atoms with Gasteiger partial charge < -0.3 is 14.7 Å². The number of nitrogens with zero attached hydrogens (tertiary/aromatic N) is 2. The number of rotatable bonds is 4. The Hall–Kier alpha value is -2.10. The first-order valence-corrected chi connectivity index (χ1v) is 12.6. The van der Waals surface area contributed by atoms with Crippen LogP contribution in [0.2, 0.25) is 0 Å². The molecule has 9 heteroatoms. The minimum atomic E-state index is -3.85. The molecule has 7 nitrogen and oxygen atoms in total. The zero-order chi connectivity index (χ0) is 23.8. The first-order valence-electron chi connectivity index (χ1n) is 10.3. The van der Waals surface area contributed by atoms with Gasteiger partial charge in [-0.3, -0.25) is 0 Å². The van der Waals surface area contributed by atoms with Crippen LogP contribution in [0.15, 0.2) is 45.8 Å². The van der Waals surface area contributed by atoms with E-state index in [2.05, 4.69) is 15.9 Å². The Kier molecular flexibility index (Phi) is 6.93. The maximum atomic E-state index is 13.5. The highest BCUT2D eigenvalue weighted by molar-refractivity contribution is 9.10. The van der Waals surface area contributed by atoms with Crippen LogP contribution in [0.1, 0.15) is 31.9 Å². The van der Waals surface area contributed by atoms with Crippen molar-refractivity contribution in [1.29, 1.82) is 0 Å². The quantitative estimate of drug-likeness (QED) is 0.589. The number of aryl methyl sites for hydroxylation is 2. The third-order valence-electron chi connectivity index (χ3n) is 5.50. The SMILES string of the molecule is Cc1cc(C)cc(Oc2cc(Br)cc(S(=O)(=O)N3CCN(C(=O)O)C(C(C)(C)C)C3)c2)c1. The first-order chi connectivity index (χ1) is 14.8. The Morgan fingerprint density at radius 3 is 2.19 bits per heavy atom. The molecule has 1 saturated heterocycles. The lowest BCUT2D eigenvalue weighted by atomic mass is 9.85. The molecule has 0 aliphatic carbocycles. The molecule has 174 valence electrons. The highest BCUT2D eigenvalue weighted by Gasteiger charge is 2.41. The minimum Gasteiger partial charge on any atom is -0.465 e. The number of amides is 1. The van der Waals surface area contributed by atoms with E-state index in [1.165, 1.54) is 15.3 Å². The Morgan fingerprint density at radius 1 is 1.03 bits per heavy atom. The van der Waals surface area contributed by atoms with Crippen molar-refractivity contribution in [3.8, 4) is 11.5 Å². The van der Waals surface area contributed by atoms with Crippen LogP contribution in [0.5, 0.6) is 11.5 Å². The predicted molar refractivity (Wildman–Crippen MR) is 127 cm³/mol. The standard InChI is InChI=1S/C23H29BrN2O5S/c1-15-8-16(2)10-18(9-15)31-19-11-17(24)12-20(13-19)32(29,30)25-6-7-26(22(27)28)21(14-25)23(3,4)5/h8-13,21H,6-7,14H2,1-5H3,(H,27,28). The molecule has 0 radical (unpaired) electrons. The topological polar surface area (TPSA) is 87.2 Å². The lowest BCUT2D eigenvalue weighted by Crippen LogP contribution is -2.60. The minimum absolute atomic E-state index is 0.0952. The molecule has 0 aromatic heterocycles. The highest BCUT2D eigenvalue weighted by Crippen LogP contribution is 2.33. The van der Waals surface area contributed by atoms with E-state index in [4.69, 9.17) is 4.74 Å².